The molecule has 1 saturated carbocycles. The fourth-order valence-electron chi connectivity index (χ4n) is 5.53. The van der Waals surface area contributed by atoms with Crippen LogP contribution in [0.1, 0.15) is 28.8 Å². The van der Waals surface area contributed by atoms with E-state index >= 15 is 0 Å². The number of nitrogens with one attached hydrogen (secondary N) is 1. The van der Waals surface area contributed by atoms with Gasteiger partial charge in [0.05, 0.1) is 11.1 Å². The van der Waals surface area contributed by atoms with Crippen LogP contribution in [0, 0.1) is 5.41 Å². The Morgan fingerprint density at radius 1 is 1.10 bits per heavy atom. The number of rotatable bonds is 6. The summed E-state index contributed by atoms with van der Waals surface area (Å²) in [4.78, 5) is 29.1. The Morgan fingerprint density at radius 3 is 2.21 bits per heavy atom. The lowest BCUT2D eigenvalue weighted by molar-refractivity contribution is -0.267. The molecule has 1 amide bonds. The number of carbonyl (C=O) groups is 2. The van der Waals surface area contributed by atoms with E-state index in [0.717, 1.165) is 48.7 Å². The third kappa shape index (κ3) is 5.94. The van der Waals surface area contributed by atoms with Crippen LogP contribution < -0.4 is 5.32 Å². The van der Waals surface area contributed by atoms with Crippen molar-refractivity contribution in [2.24, 2.45) is 5.41 Å². The van der Waals surface area contributed by atoms with Gasteiger partial charge in [-0.2, -0.15) is 13.2 Å². The van der Waals surface area contributed by atoms with Gasteiger partial charge in [0.2, 0.25) is 0 Å². The molecule has 2 N–H and O–H groups in total. The number of carbonyl (C=O) groups excluding carboxylic acids is 2. The third-order valence-corrected chi connectivity index (χ3v) is 7.84. The number of alkyl halides is 3. The van der Waals surface area contributed by atoms with Crippen molar-refractivity contribution in [2.75, 3.05) is 52.6 Å². The van der Waals surface area contributed by atoms with Gasteiger partial charge in [-0.25, -0.2) is 0 Å². The van der Waals surface area contributed by atoms with Gasteiger partial charge in [0.1, 0.15) is 0 Å². The highest BCUT2D eigenvalue weighted by molar-refractivity contribution is 6.33. The maximum Gasteiger partial charge on any atom is 0.430 e. The lowest BCUT2D eigenvalue weighted by Crippen LogP contribution is -2.73. The first-order chi connectivity index (χ1) is 18.3. The molecule has 11 heteroatoms. The molecule has 2 aliphatic heterocycles. The molecule has 0 aromatic heterocycles. The summed E-state index contributed by atoms with van der Waals surface area (Å²) < 4.78 is 41.4. The smallest absolute Gasteiger partial charge is 0.380 e. The molecule has 1 unspecified atom stereocenters. The number of aldehydes is 1. The first kappa shape index (κ1) is 29.3. The summed E-state index contributed by atoms with van der Waals surface area (Å²) in [5.41, 5.74) is -2.88. The van der Waals surface area contributed by atoms with Crippen LogP contribution in [-0.2, 0) is 10.4 Å². The van der Waals surface area contributed by atoms with Crippen LogP contribution in [-0.4, -0.2) is 97.6 Å². The van der Waals surface area contributed by atoms with Crippen LogP contribution >= 0.6 is 11.6 Å². The highest BCUT2D eigenvalue weighted by Gasteiger charge is 2.65. The predicted molar refractivity (Wildman–Crippen MR) is 144 cm³/mol. The minimum absolute atomic E-state index is 0.166. The van der Waals surface area contributed by atoms with Crippen molar-refractivity contribution in [2.45, 2.75) is 36.7 Å². The SMILES string of the molecule is CN(C)C.O=Cc1ccc(NC2CN(C3CC4(C3)CN(C(=O)C(O)(c3ccccc3)C(F)(F)F)C4)C2)cc1Cl. The second-order valence-electron chi connectivity index (χ2n) is 11.3. The number of amides is 1. The first-order valence-electron chi connectivity index (χ1n) is 12.8. The lowest BCUT2D eigenvalue weighted by atomic mass is 9.59. The Hall–Kier alpha value is -2.66. The van der Waals surface area contributed by atoms with Crippen LogP contribution in [0.15, 0.2) is 48.5 Å². The number of nitrogens with zero attached hydrogens (tertiary/aromatic N) is 3. The Bertz CT molecular complexity index is 1170. The van der Waals surface area contributed by atoms with E-state index in [1.807, 2.05) is 32.1 Å². The molecule has 2 aromatic carbocycles. The molecule has 3 aliphatic rings. The Labute approximate surface area is 231 Å². The number of likely N-dealkylation sites (tertiary alicyclic amines) is 2. The zero-order valence-corrected chi connectivity index (χ0v) is 23.0. The molecule has 2 saturated heterocycles. The third-order valence-electron chi connectivity index (χ3n) is 7.51. The van der Waals surface area contributed by atoms with Crippen LogP contribution in [0.25, 0.3) is 0 Å². The van der Waals surface area contributed by atoms with E-state index in [2.05, 4.69) is 10.2 Å². The molecule has 1 spiro atoms. The number of aliphatic hydroxyl groups is 1. The van der Waals surface area contributed by atoms with E-state index in [1.54, 1.807) is 12.1 Å². The maximum absolute atomic E-state index is 13.8. The van der Waals surface area contributed by atoms with E-state index in [1.165, 1.54) is 18.2 Å². The van der Waals surface area contributed by atoms with Gasteiger partial charge in [0, 0.05) is 54.5 Å². The average Bonchev–Trinajstić information content (AvgIpc) is 2.79. The van der Waals surface area contributed by atoms with Crippen molar-refractivity contribution in [3.63, 3.8) is 0 Å². The van der Waals surface area contributed by atoms with E-state index in [-0.39, 0.29) is 24.5 Å². The molecule has 39 heavy (non-hydrogen) atoms. The monoisotopic (exact) mass is 566 g/mol. The van der Waals surface area contributed by atoms with E-state index in [4.69, 9.17) is 11.6 Å². The van der Waals surface area contributed by atoms with Crippen molar-refractivity contribution >= 4 is 29.5 Å². The highest BCUT2D eigenvalue weighted by atomic mass is 35.5. The topological polar surface area (TPSA) is 76.1 Å². The van der Waals surface area contributed by atoms with Gasteiger partial charge in [-0.15, -0.1) is 0 Å². The Morgan fingerprint density at radius 2 is 1.69 bits per heavy atom. The number of anilines is 1. The number of halogens is 4. The number of benzene rings is 2. The summed E-state index contributed by atoms with van der Waals surface area (Å²) in [5.74, 6) is -1.31. The molecule has 212 valence electrons. The molecule has 3 fully saturated rings. The summed E-state index contributed by atoms with van der Waals surface area (Å²) in [5, 5.41) is 14.3. The Kier molecular flexibility index (Phi) is 8.33. The summed E-state index contributed by atoms with van der Waals surface area (Å²) in [6.07, 6.45) is -2.77. The maximum atomic E-state index is 13.8. The predicted octanol–water partition coefficient (Wildman–Crippen LogP) is 3.87. The van der Waals surface area contributed by atoms with Crippen molar-refractivity contribution in [1.29, 1.82) is 0 Å². The van der Waals surface area contributed by atoms with E-state index in [9.17, 15) is 27.9 Å². The van der Waals surface area contributed by atoms with E-state index in [0.29, 0.717) is 22.9 Å². The minimum Gasteiger partial charge on any atom is -0.380 e. The van der Waals surface area contributed by atoms with Gasteiger partial charge in [-0.3, -0.25) is 14.5 Å². The van der Waals surface area contributed by atoms with Gasteiger partial charge in [0.15, 0.2) is 6.29 Å². The van der Waals surface area contributed by atoms with Gasteiger partial charge < -0.3 is 20.2 Å². The summed E-state index contributed by atoms with van der Waals surface area (Å²) in [7, 11) is 6.00. The molecule has 1 aliphatic carbocycles. The van der Waals surface area contributed by atoms with Crippen molar-refractivity contribution in [3.05, 3.63) is 64.7 Å². The molecule has 0 bridgehead atoms. The molecule has 0 radical (unpaired) electrons. The number of hydrogen-bond acceptors (Lipinski definition) is 6. The van der Waals surface area contributed by atoms with Gasteiger partial charge in [-0.05, 0) is 52.2 Å². The minimum atomic E-state index is -5.12. The lowest BCUT2D eigenvalue weighted by Gasteiger charge is -2.63. The molecular formula is C28H34ClF3N4O3. The Balaban J connectivity index is 0.000000826. The van der Waals surface area contributed by atoms with Crippen LogP contribution in [0.3, 0.4) is 0 Å². The van der Waals surface area contributed by atoms with Crippen LogP contribution in [0.2, 0.25) is 5.02 Å². The second-order valence-corrected chi connectivity index (χ2v) is 11.7. The molecule has 2 aromatic rings. The van der Waals surface area contributed by atoms with Crippen molar-refractivity contribution in [3.8, 4) is 0 Å². The molecular weight excluding hydrogens is 533 g/mol. The van der Waals surface area contributed by atoms with Crippen molar-refractivity contribution in [1.82, 2.24) is 14.7 Å². The quantitative estimate of drug-likeness (QED) is 0.517. The molecule has 7 nitrogen and oxygen atoms in total. The number of hydrogen-bond donors (Lipinski definition) is 2. The van der Waals surface area contributed by atoms with Gasteiger partial charge >= 0.3 is 6.18 Å². The van der Waals surface area contributed by atoms with Crippen LogP contribution in [0.5, 0.6) is 0 Å². The molecule has 1 atom stereocenters. The van der Waals surface area contributed by atoms with Gasteiger partial charge in [-0.1, -0.05) is 41.9 Å². The fraction of sp³-hybridized carbons (Fsp3) is 0.500. The van der Waals surface area contributed by atoms with E-state index < -0.39 is 23.2 Å². The summed E-state index contributed by atoms with van der Waals surface area (Å²) >= 11 is 6.07. The molecule has 2 heterocycles. The largest absolute Gasteiger partial charge is 0.430 e. The zero-order chi connectivity index (χ0) is 28.6. The first-order valence-corrected chi connectivity index (χ1v) is 13.2. The zero-order valence-electron chi connectivity index (χ0n) is 22.2. The van der Waals surface area contributed by atoms with Crippen LogP contribution in [0.4, 0.5) is 18.9 Å². The summed E-state index contributed by atoms with van der Waals surface area (Å²) in [6.45, 7) is 2.12. The fourth-order valence-corrected chi connectivity index (χ4v) is 5.76. The molecule has 5 rings (SSSR count). The highest BCUT2D eigenvalue weighted by Crippen LogP contribution is 2.53. The van der Waals surface area contributed by atoms with Gasteiger partial charge in [0.25, 0.3) is 11.5 Å². The second kappa shape index (κ2) is 11.1. The average molecular weight is 567 g/mol. The standard InChI is InChI=1S/C25H25ClF3N3O3.C3H9N/c26-21-8-18(7-6-16(21)13-33)30-19-11-31(12-19)20-9-23(10-20)14-32(15-23)22(34)24(35,25(27,28)29)17-4-2-1-3-5-17;1-4(2)3/h1-8,13,19-20,30,35H,9-12,14-15H2;1-3H3. The van der Waals surface area contributed by atoms with Crippen molar-refractivity contribution < 1.29 is 27.9 Å². The summed E-state index contributed by atoms with van der Waals surface area (Å²) in [6, 6.07) is 12.3. The normalized spacial score (nSPS) is 20.7.